The summed E-state index contributed by atoms with van der Waals surface area (Å²) in [7, 11) is 3.83. The third-order valence-electron chi connectivity index (χ3n) is 7.27. The topological polar surface area (TPSA) is 54.0 Å². The van der Waals surface area contributed by atoms with E-state index in [1.807, 2.05) is 38.1 Å². The van der Waals surface area contributed by atoms with Gasteiger partial charge in [0.1, 0.15) is 0 Å². The van der Waals surface area contributed by atoms with E-state index in [2.05, 4.69) is 34.3 Å². The number of hydrogen-bond acceptors (Lipinski definition) is 5. The van der Waals surface area contributed by atoms with Gasteiger partial charge in [0.25, 0.3) is 5.91 Å². The van der Waals surface area contributed by atoms with Gasteiger partial charge >= 0.3 is 0 Å². The molecule has 3 unspecified atom stereocenters. The van der Waals surface area contributed by atoms with Gasteiger partial charge < -0.3 is 19.7 Å². The standard InChI is InChI=1S/C26H33N3O3/c1-16-5-9-20(29-14-22-23(29)13-28(22)3)12-21(16)26(30)27-17(2)19-8-10-24(25(11-19)31-4)32-15-18-6-7-18/h5,8-12,17-18,22-23H,6-7,13-15H2,1-4H3,(H,27,30). The zero-order chi connectivity index (χ0) is 22.4. The summed E-state index contributed by atoms with van der Waals surface area (Å²) in [5.74, 6) is 2.11. The number of nitrogens with one attached hydrogen (secondary N) is 1. The van der Waals surface area contributed by atoms with Crippen molar-refractivity contribution in [2.45, 2.75) is 44.8 Å². The number of aryl methyl sites for hydroxylation is 1. The predicted molar refractivity (Wildman–Crippen MR) is 126 cm³/mol. The molecule has 3 fully saturated rings. The summed E-state index contributed by atoms with van der Waals surface area (Å²) in [6, 6.07) is 13.3. The van der Waals surface area contributed by atoms with Crippen molar-refractivity contribution in [3.05, 3.63) is 53.1 Å². The largest absolute Gasteiger partial charge is 0.493 e. The van der Waals surface area contributed by atoms with E-state index in [0.717, 1.165) is 47.8 Å². The minimum atomic E-state index is -0.148. The highest BCUT2D eigenvalue weighted by molar-refractivity contribution is 5.97. The van der Waals surface area contributed by atoms with E-state index in [0.29, 0.717) is 23.8 Å². The first-order chi connectivity index (χ1) is 15.4. The quantitative estimate of drug-likeness (QED) is 0.684. The molecule has 2 saturated heterocycles. The van der Waals surface area contributed by atoms with Crippen molar-refractivity contribution < 1.29 is 14.3 Å². The molecule has 0 aromatic heterocycles. The van der Waals surface area contributed by atoms with Gasteiger partial charge in [0, 0.05) is 30.4 Å². The molecular formula is C26H33N3O3. The van der Waals surface area contributed by atoms with Crippen LogP contribution in [0.5, 0.6) is 11.5 Å². The minimum Gasteiger partial charge on any atom is -0.493 e. The molecule has 6 heteroatoms. The van der Waals surface area contributed by atoms with E-state index in [9.17, 15) is 4.79 Å². The van der Waals surface area contributed by atoms with Crippen molar-refractivity contribution in [1.29, 1.82) is 0 Å². The molecule has 1 aliphatic carbocycles. The Kier molecular flexibility index (Phi) is 5.49. The third-order valence-corrected chi connectivity index (χ3v) is 7.27. The van der Waals surface area contributed by atoms with E-state index in [1.165, 1.54) is 12.8 Å². The van der Waals surface area contributed by atoms with E-state index >= 15 is 0 Å². The van der Waals surface area contributed by atoms with Crippen LogP contribution in [0.1, 0.15) is 47.3 Å². The Morgan fingerprint density at radius 1 is 1.12 bits per heavy atom. The Bertz CT molecular complexity index is 1020. The fourth-order valence-corrected chi connectivity index (χ4v) is 4.73. The number of piperazine rings is 1. The van der Waals surface area contributed by atoms with Crippen LogP contribution >= 0.6 is 0 Å². The summed E-state index contributed by atoms with van der Waals surface area (Å²) >= 11 is 0. The molecule has 2 heterocycles. The van der Waals surface area contributed by atoms with E-state index < -0.39 is 0 Å². The molecule has 170 valence electrons. The molecule has 6 nitrogen and oxygen atoms in total. The van der Waals surface area contributed by atoms with Gasteiger partial charge in [-0.3, -0.25) is 9.69 Å². The first kappa shape index (κ1) is 21.1. The maximum atomic E-state index is 13.2. The molecule has 1 N–H and O–H groups in total. The lowest BCUT2D eigenvalue weighted by atomic mass is 9.85. The lowest BCUT2D eigenvalue weighted by molar-refractivity contribution is 0.0368. The van der Waals surface area contributed by atoms with Crippen LogP contribution in [0.2, 0.25) is 0 Å². The summed E-state index contributed by atoms with van der Waals surface area (Å²) in [6.07, 6.45) is 2.50. The number of methoxy groups -OCH3 is 1. The van der Waals surface area contributed by atoms with Gasteiger partial charge in [-0.2, -0.15) is 0 Å². The molecule has 3 aliphatic rings. The van der Waals surface area contributed by atoms with Crippen molar-refractivity contribution >= 4 is 11.6 Å². The number of hydrogen-bond donors (Lipinski definition) is 1. The van der Waals surface area contributed by atoms with Crippen LogP contribution in [0.4, 0.5) is 5.69 Å². The predicted octanol–water partition coefficient (Wildman–Crippen LogP) is 3.79. The van der Waals surface area contributed by atoms with Crippen LogP contribution in [-0.2, 0) is 0 Å². The summed E-state index contributed by atoms with van der Waals surface area (Å²) in [5.41, 5.74) is 3.86. The SMILES string of the molecule is COc1cc(C(C)NC(=O)c2cc(N3CC4C3CN4C)ccc2C)ccc1OCC1CC1. The molecule has 0 radical (unpaired) electrons. The number of carbonyl (C=O) groups is 1. The Hall–Kier alpha value is -2.73. The fraction of sp³-hybridized carbons (Fsp3) is 0.500. The minimum absolute atomic E-state index is 0.0484. The summed E-state index contributed by atoms with van der Waals surface area (Å²) in [4.78, 5) is 18.0. The number of anilines is 1. The lowest BCUT2D eigenvalue weighted by Crippen LogP contribution is -2.78. The van der Waals surface area contributed by atoms with Crippen LogP contribution in [0, 0.1) is 12.8 Å². The second-order valence-corrected chi connectivity index (χ2v) is 9.59. The number of ether oxygens (including phenoxy) is 2. The number of benzene rings is 2. The summed E-state index contributed by atoms with van der Waals surface area (Å²) in [5, 5.41) is 3.17. The fourth-order valence-electron chi connectivity index (χ4n) is 4.73. The molecule has 2 aromatic rings. The van der Waals surface area contributed by atoms with Gasteiger partial charge in [-0.25, -0.2) is 0 Å². The van der Waals surface area contributed by atoms with Crippen LogP contribution in [0.15, 0.2) is 36.4 Å². The molecule has 0 bridgehead atoms. The second-order valence-electron chi connectivity index (χ2n) is 9.59. The maximum Gasteiger partial charge on any atom is 0.252 e. The first-order valence-corrected chi connectivity index (χ1v) is 11.6. The third kappa shape index (κ3) is 3.92. The van der Waals surface area contributed by atoms with Crippen molar-refractivity contribution in [1.82, 2.24) is 10.2 Å². The number of rotatable bonds is 8. The summed E-state index contributed by atoms with van der Waals surface area (Å²) in [6.45, 7) is 6.87. The molecule has 32 heavy (non-hydrogen) atoms. The van der Waals surface area contributed by atoms with Gasteiger partial charge in [-0.1, -0.05) is 12.1 Å². The molecular weight excluding hydrogens is 402 g/mol. The number of carbonyl (C=O) groups excluding carboxylic acids is 1. The van der Waals surface area contributed by atoms with Crippen LogP contribution in [0.25, 0.3) is 0 Å². The zero-order valence-electron chi connectivity index (χ0n) is 19.4. The Balaban J connectivity index is 1.26. The number of amides is 1. The van der Waals surface area contributed by atoms with E-state index in [4.69, 9.17) is 9.47 Å². The van der Waals surface area contributed by atoms with Crippen molar-refractivity contribution in [3.63, 3.8) is 0 Å². The molecule has 2 aliphatic heterocycles. The zero-order valence-corrected chi connectivity index (χ0v) is 19.4. The van der Waals surface area contributed by atoms with Gasteiger partial charge in [0.05, 0.1) is 25.8 Å². The van der Waals surface area contributed by atoms with Gasteiger partial charge in [0.2, 0.25) is 0 Å². The normalized spacial score (nSPS) is 22.9. The van der Waals surface area contributed by atoms with E-state index in [-0.39, 0.29) is 11.9 Å². The maximum absolute atomic E-state index is 13.2. The van der Waals surface area contributed by atoms with Gasteiger partial charge in [-0.05, 0) is 75.0 Å². The average molecular weight is 436 g/mol. The van der Waals surface area contributed by atoms with Crippen molar-refractivity contribution in [2.24, 2.45) is 5.92 Å². The smallest absolute Gasteiger partial charge is 0.252 e. The van der Waals surface area contributed by atoms with Crippen LogP contribution in [-0.4, -0.2) is 56.7 Å². The van der Waals surface area contributed by atoms with Crippen molar-refractivity contribution in [2.75, 3.05) is 38.8 Å². The lowest BCUT2D eigenvalue weighted by Gasteiger charge is -2.62. The molecule has 1 amide bonds. The monoisotopic (exact) mass is 435 g/mol. The second kappa shape index (κ2) is 8.32. The van der Waals surface area contributed by atoms with Gasteiger partial charge in [-0.15, -0.1) is 0 Å². The van der Waals surface area contributed by atoms with Gasteiger partial charge in [0.15, 0.2) is 11.5 Å². The molecule has 1 saturated carbocycles. The number of nitrogens with zero attached hydrogens (tertiary/aromatic N) is 2. The highest BCUT2D eigenvalue weighted by atomic mass is 16.5. The summed E-state index contributed by atoms with van der Waals surface area (Å²) < 4.78 is 11.5. The van der Waals surface area contributed by atoms with Crippen LogP contribution in [0.3, 0.4) is 0 Å². The highest BCUT2D eigenvalue weighted by Crippen LogP contribution is 2.37. The van der Waals surface area contributed by atoms with Crippen molar-refractivity contribution in [3.8, 4) is 11.5 Å². The van der Waals surface area contributed by atoms with E-state index in [1.54, 1.807) is 7.11 Å². The number of likely N-dealkylation sites (tertiary alicyclic amines) is 1. The Morgan fingerprint density at radius 2 is 1.94 bits per heavy atom. The molecule has 2 aromatic carbocycles. The van der Waals surface area contributed by atoms with Crippen LogP contribution < -0.4 is 19.7 Å². The molecule has 5 rings (SSSR count). The number of likely N-dealkylation sites (N-methyl/N-ethyl adjacent to an activating group) is 1. The molecule has 0 spiro atoms. The average Bonchev–Trinajstić information content (AvgIpc) is 3.61. The Morgan fingerprint density at radius 3 is 2.59 bits per heavy atom. The molecule has 3 atom stereocenters. The first-order valence-electron chi connectivity index (χ1n) is 11.6. The number of fused-ring (bicyclic) bond motifs is 1. The Labute approximate surface area is 190 Å². The highest BCUT2D eigenvalue weighted by Gasteiger charge is 2.49.